The second-order valence-corrected chi connectivity index (χ2v) is 5.65. The number of carbonyl (C=O) groups is 1. The number of aryl methyl sites for hydroxylation is 2. The highest BCUT2D eigenvalue weighted by atomic mass is 16.5. The number of hydrogen-bond donors (Lipinski definition) is 0. The van der Waals surface area contributed by atoms with Gasteiger partial charge in [-0.2, -0.15) is 0 Å². The zero-order valence-electron chi connectivity index (χ0n) is 19.2. The van der Waals surface area contributed by atoms with Crippen molar-refractivity contribution in [3.8, 4) is 16.9 Å². The molecule has 0 fully saturated rings. The highest BCUT2D eigenvalue weighted by molar-refractivity contribution is 5.91. The predicted octanol–water partition coefficient (Wildman–Crippen LogP) is 8.27. The van der Waals surface area contributed by atoms with E-state index in [2.05, 4.69) is 31.2 Å². The number of carbonyl (C=O) groups excluding carboxylic acids is 1. The molecule has 0 radical (unpaired) electrons. The topological polar surface area (TPSA) is 26.3 Å². The molecule has 3 rings (SSSR count). The summed E-state index contributed by atoms with van der Waals surface area (Å²) < 4.78 is 5.38. The number of ether oxygens (including phenoxy) is 1. The van der Waals surface area contributed by atoms with Gasteiger partial charge in [-0.3, -0.25) is 0 Å². The van der Waals surface area contributed by atoms with Gasteiger partial charge < -0.3 is 4.74 Å². The number of hydrogen-bond acceptors (Lipinski definition) is 2. The molecule has 0 aliphatic carbocycles. The van der Waals surface area contributed by atoms with E-state index in [1.54, 1.807) is 24.3 Å². The van der Waals surface area contributed by atoms with E-state index in [0.29, 0.717) is 11.3 Å². The molecule has 2 heteroatoms. The van der Waals surface area contributed by atoms with Gasteiger partial charge in [-0.25, -0.2) is 4.79 Å². The van der Waals surface area contributed by atoms with Gasteiger partial charge in [-0.15, -0.1) is 0 Å². The van der Waals surface area contributed by atoms with E-state index in [4.69, 9.17) is 4.74 Å². The molecule has 29 heavy (non-hydrogen) atoms. The number of benzene rings is 3. The van der Waals surface area contributed by atoms with Crippen LogP contribution in [0.5, 0.6) is 5.75 Å². The maximum Gasteiger partial charge on any atom is 0.343 e. The summed E-state index contributed by atoms with van der Waals surface area (Å²) >= 11 is 0. The zero-order chi connectivity index (χ0) is 22.2. The molecule has 0 atom stereocenters. The van der Waals surface area contributed by atoms with Crippen molar-refractivity contribution >= 4 is 5.97 Å². The minimum atomic E-state index is -0.343. The van der Waals surface area contributed by atoms with Crippen LogP contribution in [-0.4, -0.2) is 5.97 Å². The average molecular weight is 393 g/mol. The largest absolute Gasteiger partial charge is 0.423 e. The molecular formula is C27H36O2. The molecule has 2 nitrogen and oxygen atoms in total. The second kappa shape index (κ2) is 15.1. The lowest BCUT2D eigenvalue weighted by molar-refractivity contribution is 0.0735. The van der Waals surface area contributed by atoms with Gasteiger partial charge in [0.1, 0.15) is 5.75 Å². The van der Waals surface area contributed by atoms with Crippen LogP contribution in [0, 0.1) is 13.8 Å². The van der Waals surface area contributed by atoms with Crippen LogP contribution >= 0.6 is 0 Å². The van der Waals surface area contributed by atoms with Crippen molar-refractivity contribution in [2.45, 2.75) is 55.4 Å². The Kier molecular flexibility index (Phi) is 13.6. The zero-order valence-corrected chi connectivity index (χ0v) is 19.2. The summed E-state index contributed by atoms with van der Waals surface area (Å²) in [5.74, 6) is 0.215. The van der Waals surface area contributed by atoms with Crippen LogP contribution in [0.4, 0.5) is 0 Å². The molecule has 0 saturated carbocycles. The number of esters is 1. The lowest BCUT2D eigenvalue weighted by Gasteiger charge is -2.06. The van der Waals surface area contributed by atoms with E-state index in [1.165, 1.54) is 5.56 Å². The van der Waals surface area contributed by atoms with Crippen LogP contribution in [-0.2, 0) is 0 Å². The Labute approximate surface area is 177 Å². The first kappa shape index (κ1) is 26.1. The molecule has 0 aliphatic rings. The Morgan fingerprint density at radius 2 is 0.897 bits per heavy atom. The summed E-state index contributed by atoms with van der Waals surface area (Å²) in [7, 11) is 0. The Hall–Kier alpha value is -2.87. The quantitative estimate of drug-likeness (QED) is 0.331. The minimum absolute atomic E-state index is 0.343. The summed E-state index contributed by atoms with van der Waals surface area (Å²) in [6, 6.07) is 23.2. The molecule has 0 spiro atoms. The minimum Gasteiger partial charge on any atom is -0.423 e. The molecule has 156 valence electrons. The van der Waals surface area contributed by atoms with Crippen LogP contribution in [0.25, 0.3) is 11.1 Å². The van der Waals surface area contributed by atoms with Crippen LogP contribution in [0.3, 0.4) is 0 Å². The normalized spacial score (nSPS) is 8.83. The van der Waals surface area contributed by atoms with Gasteiger partial charge >= 0.3 is 5.97 Å². The first-order valence-corrected chi connectivity index (χ1v) is 10.6. The van der Waals surface area contributed by atoms with Crippen molar-refractivity contribution in [1.82, 2.24) is 0 Å². The standard InChI is InChI=1S/C21H18O2.3C2H6/c1-15-3-7-17(8-4-15)18-9-11-19(12-10-18)21(22)23-20-13-5-16(2)6-14-20;3*1-2/h3-14H,1-2H3;3*1-2H3. The van der Waals surface area contributed by atoms with Crippen molar-refractivity contribution in [1.29, 1.82) is 0 Å². The van der Waals surface area contributed by atoms with Gasteiger partial charge in [0.25, 0.3) is 0 Å². The van der Waals surface area contributed by atoms with Gasteiger partial charge in [0.15, 0.2) is 0 Å². The molecular weight excluding hydrogens is 356 g/mol. The summed E-state index contributed by atoms with van der Waals surface area (Å²) in [6.07, 6.45) is 0. The van der Waals surface area contributed by atoms with Crippen LogP contribution in [0.1, 0.15) is 63.0 Å². The van der Waals surface area contributed by atoms with E-state index >= 15 is 0 Å². The first-order valence-electron chi connectivity index (χ1n) is 10.6. The number of rotatable bonds is 3. The highest BCUT2D eigenvalue weighted by Gasteiger charge is 2.08. The maximum atomic E-state index is 12.2. The van der Waals surface area contributed by atoms with Crippen LogP contribution in [0.15, 0.2) is 72.8 Å². The third-order valence-corrected chi connectivity index (χ3v) is 3.74. The summed E-state index contributed by atoms with van der Waals surface area (Å²) in [6.45, 7) is 16.1. The molecule has 0 amide bonds. The highest BCUT2D eigenvalue weighted by Crippen LogP contribution is 2.21. The van der Waals surface area contributed by atoms with Gasteiger partial charge in [0.05, 0.1) is 5.56 Å². The molecule has 0 heterocycles. The molecule has 0 saturated heterocycles. The molecule has 3 aromatic carbocycles. The van der Waals surface area contributed by atoms with Crippen LogP contribution < -0.4 is 4.74 Å². The van der Waals surface area contributed by atoms with E-state index < -0.39 is 0 Å². The van der Waals surface area contributed by atoms with Gasteiger partial charge in [-0.05, 0) is 49.2 Å². The predicted molar refractivity (Wildman–Crippen MR) is 127 cm³/mol. The van der Waals surface area contributed by atoms with E-state index in [-0.39, 0.29) is 5.97 Å². The summed E-state index contributed by atoms with van der Waals surface area (Å²) in [5, 5.41) is 0. The van der Waals surface area contributed by atoms with E-state index in [0.717, 1.165) is 16.7 Å². The SMILES string of the molecule is CC.CC.CC.Cc1ccc(OC(=O)c2ccc(-c3ccc(C)cc3)cc2)cc1. The Morgan fingerprint density at radius 1 is 0.552 bits per heavy atom. The fraction of sp³-hybridized carbons (Fsp3) is 0.296. The monoisotopic (exact) mass is 392 g/mol. The fourth-order valence-electron chi connectivity index (χ4n) is 2.32. The Bertz CT molecular complexity index is 799. The van der Waals surface area contributed by atoms with Crippen molar-refractivity contribution in [2.24, 2.45) is 0 Å². The Balaban J connectivity index is 0.00000120. The molecule has 0 bridgehead atoms. The summed E-state index contributed by atoms with van der Waals surface area (Å²) in [5.41, 5.74) is 5.12. The third kappa shape index (κ3) is 8.78. The van der Waals surface area contributed by atoms with Gasteiger partial charge in [0.2, 0.25) is 0 Å². The summed E-state index contributed by atoms with van der Waals surface area (Å²) in [4.78, 5) is 12.2. The van der Waals surface area contributed by atoms with Crippen LogP contribution in [0.2, 0.25) is 0 Å². The molecule has 3 aromatic rings. The van der Waals surface area contributed by atoms with E-state index in [9.17, 15) is 4.79 Å². The lowest BCUT2D eigenvalue weighted by Crippen LogP contribution is -2.08. The van der Waals surface area contributed by atoms with Gasteiger partial charge in [0, 0.05) is 0 Å². The lowest BCUT2D eigenvalue weighted by atomic mass is 10.0. The second-order valence-electron chi connectivity index (χ2n) is 5.65. The molecule has 0 aliphatic heterocycles. The van der Waals surface area contributed by atoms with Crippen molar-refractivity contribution < 1.29 is 9.53 Å². The molecule has 0 N–H and O–H groups in total. The fourth-order valence-corrected chi connectivity index (χ4v) is 2.32. The third-order valence-electron chi connectivity index (χ3n) is 3.74. The molecule has 0 aromatic heterocycles. The van der Waals surface area contributed by atoms with Gasteiger partial charge in [-0.1, -0.05) is 101 Å². The smallest absolute Gasteiger partial charge is 0.343 e. The first-order chi connectivity index (χ1) is 14.1. The van der Waals surface area contributed by atoms with Crippen molar-refractivity contribution in [3.05, 3.63) is 89.5 Å². The van der Waals surface area contributed by atoms with Crippen molar-refractivity contribution in [2.75, 3.05) is 0 Å². The average Bonchev–Trinajstić information content (AvgIpc) is 2.80. The van der Waals surface area contributed by atoms with Crippen molar-refractivity contribution in [3.63, 3.8) is 0 Å². The Morgan fingerprint density at radius 3 is 1.31 bits per heavy atom. The maximum absolute atomic E-state index is 12.2. The van der Waals surface area contributed by atoms with E-state index in [1.807, 2.05) is 72.7 Å². The molecule has 0 unspecified atom stereocenters.